The average Bonchev–Trinajstić information content (AvgIpc) is 3.30. The number of likely N-dealkylation sites (N-methyl/N-ethyl adjacent to an activating group) is 1. The van der Waals surface area contributed by atoms with Gasteiger partial charge >= 0.3 is 0 Å². The lowest BCUT2D eigenvalue weighted by atomic mass is 9.87. The summed E-state index contributed by atoms with van der Waals surface area (Å²) in [6.07, 6.45) is 13.4. The highest BCUT2D eigenvalue weighted by Crippen LogP contribution is 2.47. The molecule has 2 aliphatic carbocycles. The summed E-state index contributed by atoms with van der Waals surface area (Å²) in [6.45, 7) is 15.0. The van der Waals surface area contributed by atoms with E-state index in [0.29, 0.717) is 5.57 Å². The second kappa shape index (κ2) is 14.1. The molecule has 0 radical (unpaired) electrons. The van der Waals surface area contributed by atoms with Gasteiger partial charge in [-0.05, 0) is 63.1 Å². The molecule has 1 heterocycles. The Hall–Kier alpha value is -3.19. The fourth-order valence-corrected chi connectivity index (χ4v) is 7.05. The summed E-state index contributed by atoms with van der Waals surface area (Å²) in [7, 11) is 1.79. The summed E-state index contributed by atoms with van der Waals surface area (Å²) >= 11 is 0. The molecule has 0 bridgehead atoms. The molecule has 1 aliphatic heterocycles. The third kappa shape index (κ3) is 7.14. The quantitative estimate of drug-likeness (QED) is 0.353. The molecule has 234 valence electrons. The Morgan fingerprint density at radius 3 is 2.28 bits per heavy atom. The van der Waals surface area contributed by atoms with Crippen molar-refractivity contribution in [1.82, 2.24) is 20.4 Å². The number of hydrogen-bond acceptors (Lipinski definition) is 4. The number of allylic oxidation sites excluding steroid dienone is 3. The Labute approximate surface area is 258 Å². The number of amides is 3. The first-order valence-electron chi connectivity index (χ1n) is 16.2. The van der Waals surface area contributed by atoms with Gasteiger partial charge in [-0.3, -0.25) is 19.3 Å². The molecule has 7 nitrogen and oxygen atoms in total. The van der Waals surface area contributed by atoms with Crippen molar-refractivity contribution < 1.29 is 14.4 Å². The topological polar surface area (TPSA) is 81.8 Å². The molecule has 0 saturated carbocycles. The molecule has 0 spiro atoms. The number of carbonyl (C=O) groups excluding carboxylic acids is 3. The first-order chi connectivity index (χ1) is 20.4. The van der Waals surface area contributed by atoms with E-state index in [1.54, 1.807) is 11.9 Å². The van der Waals surface area contributed by atoms with Crippen molar-refractivity contribution in [3.05, 3.63) is 71.3 Å². The van der Waals surface area contributed by atoms with E-state index in [9.17, 15) is 14.4 Å². The van der Waals surface area contributed by atoms with E-state index in [1.165, 1.54) is 5.56 Å². The Balaban J connectivity index is 1.48. The van der Waals surface area contributed by atoms with Gasteiger partial charge in [0.05, 0.1) is 18.1 Å². The zero-order valence-electron chi connectivity index (χ0n) is 27.3. The van der Waals surface area contributed by atoms with E-state index in [0.717, 1.165) is 31.4 Å². The molecule has 3 amide bonds. The highest BCUT2D eigenvalue weighted by Gasteiger charge is 2.40. The van der Waals surface area contributed by atoms with Gasteiger partial charge in [0.25, 0.3) is 0 Å². The van der Waals surface area contributed by atoms with Gasteiger partial charge in [0.15, 0.2) is 0 Å². The minimum absolute atomic E-state index is 0.0668. The maximum Gasteiger partial charge on any atom is 0.247 e. The zero-order valence-corrected chi connectivity index (χ0v) is 27.3. The van der Waals surface area contributed by atoms with Crippen molar-refractivity contribution in [1.29, 1.82) is 0 Å². The van der Waals surface area contributed by atoms with E-state index in [1.807, 2.05) is 32.9 Å². The standard InChI is InChI=1S/C36H52N4O3/c1-22(2)31(39(8)36(43)32(23(3)4)37-35(42)30-19-13-14-20-40(30)24(5)6)21-25(7)34(41)38-33-28-17-11-9-15-26(28)27-16-10-12-18-29(27)33/h9-12,15-18,21-24,26,28,30-33H,13-14,19-20H2,1-8H3,(H,37,42)(H,38,41)/b25-21+. The van der Waals surface area contributed by atoms with Crippen LogP contribution in [0.5, 0.6) is 0 Å². The summed E-state index contributed by atoms with van der Waals surface area (Å²) in [6, 6.07) is 7.34. The predicted octanol–water partition coefficient (Wildman–Crippen LogP) is 5.52. The maximum absolute atomic E-state index is 13.9. The van der Waals surface area contributed by atoms with Crippen molar-refractivity contribution >= 4 is 17.7 Å². The predicted molar refractivity (Wildman–Crippen MR) is 173 cm³/mol. The van der Waals surface area contributed by atoms with E-state index in [4.69, 9.17) is 0 Å². The van der Waals surface area contributed by atoms with Crippen molar-refractivity contribution in [2.75, 3.05) is 13.6 Å². The molecule has 1 aromatic carbocycles. The van der Waals surface area contributed by atoms with Gasteiger partial charge < -0.3 is 15.5 Å². The Morgan fingerprint density at radius 2 is 1.63 bits per heavy atom. The molecule has 3 aliphatic rings. The average molecular weight is 589 g/mol. The monoisotopic (exact) mass is 588 g/mol. The largest absolute Gasteiger partial charge is 0.345 e. The first-order valence-corrected chi connectivity index (χ1v) is 16.2. The Kier molecular flexibility index (Phi) is 10.7. The molecular formula is C36H52N4O3. The number of rotatable bonds is 10. The van der Waals surface area contributed by atoms with Crippen LogP contribution in [0.2, 0.25) is 0 Å². The number of nitrogens with zero attached hydrogens (tertiary/aromatic N) is 2. The smallest absolute Gasteiger partial charge is 0.247 e. The van der Waals surface area contributed by atoms with Gasteiger partial charge in [0, 0.05) is 30.5 Å². The van der Waals surface area contributed by atoms with Crippen molar-refractivity contribution in [3.8, 4) is 0 Å². The molecule has 7 heteroatoms. The third-order valence-electron chi connectivity index (χ3n) is 9.54. The van der Waals surface area contributed by atoms with Gasteiger partial charge in [-0.25, -0.2) is 0 Å². The van der Waals surface area contributed by atoms with Crippen LogP contribution in [-0.2, 0) is 14.4 Å². The SMILES string of the molecule is C/C(=C\C(C(C)C)N(C)C(=O)C(NC(=O)C1CCCCN1C(C)C)C(C)C)C(=O)NC1c2ccccc2C2C=CC=CC21. The molecule has 1 saturated heterocycles. The summed E-state index contributed by atoms with van der Waals surface area (Å²) < 4.78 is 0. The fourth-order valence-electron chi connectivity index (χ4n) is 7.05. The minimum Gasteiger partial charge on any atom is -0.345 e. The van der Waals surface area contributed by atoms with E-state index in [-0.39, 0.29) is 65.6 Å². The molecule has 4 rings (SSSR count). The molecule has 1 fully saturated rings. The van der Waals surface area contributed by atoms with E-state index >= 15 is 0 Å². The van der Waals surface area contributed by atoms with Crippen molar-refractivity contribution in [3.63, 3.8) is 0 Å². The summed E-state index contributed by atoms with van der Waals surface area (Å²) in [4.78, 5) is 45.0. The number of piperidine rings is 1. The highest BCUT2D eigenvalue weighted by atomic mass is 16.2. The summed E-state index contributed by atoms with van der Waals surface area (Å²) in [5, 5.41) is 6.43. The maximum atomic E-state index is 13.9. The Bertz CT molecular complexity index is 1260. The van der Waals surface area contributed by atoms with Gasteiger partial charge in [0.2, 0.25) is 17.7 Å². The number of nitrogens with one attached hydrogen (secondary N) is 2. The van der Waals surface area contributed by atoms with Crippen molar-refractivity contribution in [2.45, 2.75) is 104 Å². The zero-order chi connectivity index (χ0) is 31.4. The molecule has 1 aromatic rings. The fraction of sp³-hybridized carbons (Fsp3) is 0.583. The van der Waals surface area contributed by atoms with Gasteiger partial charge in [-0.15, -0.1) is 0 Å². The second-order valence-corrected chi connectivity index (χ2v) is 13.6. The number of hydrogen-bond donors (Lipinski definition) is 2. The van der Waals surface area contributed by atoms with Crippen LogP contribution in [-0.4, -0.2) is 65.3 Å². The molecule has 0 aromatic heterocycles. The van der Waals surface area contributed by atoms with Crippen LogP contribution in [0, 0.1) is 17.8 Å². The lowest BCUT2D eigenvalue weighted by molar-refractivity contribution is -0.140. The van der Waals surface area contributed by atoms with Crippen LogP contribution >= 0.6 is 0 Å². The van der Waals surface area contributed by atoms with E-state index in [2.05, 4.69) is 85.7 Å². The van der Waals surface area contributed by atoms with Crippen LogP contribution in [0.15, 0.2) is 60.2 Å². The van der Waals surface area contributed by atoms with Gasteiger partial charge in [-0.2, -0.15) is 0 Å². The first kappa shape index (κ1) is 32.7. The van der Waals surface area contributed by atoms with Crippen LogP contribution in [0.25, 0.3) is 0 Å². The van der Waals surface area contributed by atoms with Crippen LogP contribution < -0.4 is 10.6 Å². The summed E-state index contributed by atoms with van der Waals surface area (Å²) in [5.74, 6) is 0.0904. The number of likely N-dealkylation sites (tertiary alicyclic amines) is 1. The van der Waals surface area contributed by atoms with Gasteiger partial charge in [0.1, 0.15) is 6.04 Å². The van der Waals surface area contributed by atoms with Crippen LogP contribution in [0.4, 0.5) is 0 Å². The van der Waals surface area contributed by atoms with Crippen LogP contribution in [0.3, 0.4) is 0 Å². The molecular weight excluding hydrogens is 536 g/mol. The normalized spacial score (nSPS) is 25.0. The van der Waals surface area contributed by atoms with E-state index < -0.39 is 6.04 Å². The van der Waals surface area contributed by atoms with Crippen LogP contribution in [0.1, 0.15) is 90.8 Å². The molecule has 2 N–H and O–H groups in total. The lowest BCUT2D eigenvalue weighted by Crippen LogP contribution is -2.58. The molecule has 6 atom stereocenters. The number of benzene rings is 1. The molecule has 43 heavy (non-hydrogen) atoms. The number of carbonyl (C=O) groups is 3. The highest BCUT2D eigenvalue weighted by molar-refractivity contribution is 5.94. The summed E-state index contributed by atoms with van der Waals surface area (Å²) in [5.41, 5.74) is 3.00. The third-order valence-corrected chi connectivity index (χ3v) is 9.54. The second-order valence-electron chi connectivity index (χ2n) is 13.6. The van der Waals surface area contributed by atoms with Gasteiger partial charge in [-0.1, -0.05) is 88.8 Å². The lowest BCUT2D eigenvalue weighted by Gasteiger charge is -2.39. The van der Waals surface area contributed by atoms with Crippen molar-refractivity contribution in [2.24, 2.45) is 17.8 Å². The number of fused-ring (bicyclic) bond motifs is 3. The minimum atomic E-state index is -0.643. The Morgan fingerprint density at radius 1 is 0.953 bits per heavy atom. The molecule has 6 unspecified atom stereocenters.